The minimum atomic E-state index is -0.442. The maximum atomic E-state index is 14.1. The lowest BCUT2D eigenvalue weighted by atomic mass is 10.1. The van der Waals surface area contributed by atoms with Crippen LogP contribution < -0.4 is 15.0 Å². The Balaban J connectivity index is 1.44. The molecule has 2 aromatic carbocycles. The Bertz CT molecular complexity index is 1010. The first-order valence-electron chi connectivity index (χ1n) is 9.74. The molecule has 1 fully saturated rings. The summed E-state index contributed by atoms with van der Waals surface area (Å²) in [6.45, 7) is 2.86. The number of carbonyl (C=O) groups is 1. The van der Waals surface area contributed by atoms with Crippen molar-refractivity contribution in [3.63, 3.8) is 0 Å². The smallest absolute Gasteiger partial charge is 0.255 e. The van der Waals surface area contributed by atoms with E-state index in [1.807, 2.05) is 29.2 Å². The normalized spacial score (nSPS) is 13.7. The first kappa shape index (κ1) is 19.8. The van der Waals surface area contributed by atoms with Crippen LogP contribution in [0.25, 0.3) is 0 Å². The van der Waals surface area contributed by atoms with E-state index in [-0.39, 0.29) is 11.5 Å². The average Bonchev–Trinajstić information content (AvgIpc) is 2.79. The first-order chi connectivity index (χ1) is 14.7. The van der Waals surface area contributed by atoms with Crippen LogP contribution in [0.2, 0.25) is 0 Å². The van der Waals surface area contributed by atoms with Crippen LogP contribution in [0.15, 0.2) is 67.0 Å². The van der Waals surface area contributed by atoms with E-state index in [1.165, 1.54) is 12.1 Å². The summed E-state index contributed by atoms with van der Waals surface area (Å²) in [5, 5.41) is 2.84. The van der Waals surface area contributed by atoms with Crippen LogP contribution >= 0.6 is 0 Å². The largest absolute Gasteiger partial charge is 0.487 e. The van der Waals surface area contributed by atoms with E-state index in [0.717, 1.165) is 5.56 Å². The molecule has 1 N–H and O–H groups in total. The number of nitrogens with zero attached hydrogens (tertiary/aromatic N) is 2. The van der Waals surface area contributed by atoms with Crippen molar-refractivity contribution >= 4 is 17.3 Å². The van der Waals surface area contributed by atoms with E-state index in [2.05, 4.69) is 10.3 Å². The van der Waals surface area contributed by atoms with Crippen molar-refractivity contribution in [1.29, 1.82) is 0 Å². The van der Waals surface area contributed by atoms with Gasteiger partial charge in [-0.1, -0.05) is 12.1 Å². The van der Waals surface area contributed by atoms with Crippen molar-refractivity contribution in [1.82, 2.24) is 4.98 Å². The highest BCUT2D eigenvalue weighted by Gasteiger charge is 2.16. The van der Waals surface area contributed by atoms with E-state index < -0.39 is 5.82 Å². The van der Waals surface area contributed by atoms with E-state index >= 15 is 0 Å². The number of anilines is 2. The molecule has 0 unspecified atom stereocenters. The Kier molecular flexibility index (Phi) is 6.20. The fourth-order valence-electron chi connectivity index (χ4n) is 3.25. The van der Waals surface area contributed by atoms with Gasteiger partial charge < -0.3 is 19.7 Å². The van der Waals surface area contributed by atoms with Gasteiger partial charge in [-0.25, -0.2) is 4.39 Å². The molecule has 0 radical (unpaired) electrons. The average molecular weight is 407 g/mol. The molecule has 3 aromatic rings. The number of halogens is 1. The predicted octanol–water partition coefficient (Wildman–Crippen LogP) is 3.89. The maximum Gasteiger partial charge on any atom is 0.255 e. The molecule has 2 heterocycles. The molecule has 1 saturated heterocycles. The van der Waals surface area contributed by atoms with Crippen LogP contribution in [0.4, 0.5) is 15.8 Å². The molecular formula is C23H22FN3O3. The van der Waals surface area contributed by atoms with Crippen molar-refractivity contribution < 1.29 is 18.7 Å². The molecule has 1 aliphatic rings. The second-order valence-electron chi connectivity index (χ2n) is 6.93. The predicted molar refractivity (Wildman–Crippen MR) is 112 cm³/mol. The molecule has 0 saturated carbocycles. The maximum absolute atomic E-state index is 14.1. The van der Waals surface area contributed by atoms with Crippen LogP contribution in [-0.4, -0.2) is 37.2 Å². The first-order valence-corrected chi connectivity index (χ1v) is 9.74. The molecule has 7 heteroatoms. The van der Waals surface area contributed by atoms with Gasteiger partial charge in [-0.2, -0.15) is 0 Å². The third-order valence-corrected chi connectivity index (χ3v) is 4.75. The number of rotatable bonds is 6. The molecular weight excluding hydrogens is 385 g/mol. The van der Waals surface area contributed by atoms with Crippen molar-refractivity contribution in [2.45, 2.75) is 6.61 Å². The monoisotopic (exact) mass is 407 g/mol. The number of ether oxygens (including phenoxy) is 2. The number of hydrogen-bond donors (Lipinski definition) is 1. The van der Waals surface area contributed by atoms with E-state index in [4.69, 9.17) is 9.47 Å². The van der Waals surface area contributed by atoms with Gasteiger partial charge in [-0.05, 0) is 48.0 Å². The molecule has 1 amide bonds. The molecule has 0 bridgehead atoms. The van der Waals surface area contributed by atoms with Gasteiger partial charge in [0.2, 0.25) is 0 Å². The summed E-state index contributed by atoms with van der Waals surface area (Å²) in [5.74, 6) is -0.139. The van der Waals surface area contributed by atoms with Gasteiger partial charge in [-0.3, -0.25) is 9.78 Å². The molecule has 0 atom stereocenters. The van der Waals surface area contributed by atoms with Crippen molar-refractivity contribution in [3.05, 3.63) is 83.9 Å². The third kappa shape index (κ3) is 5.12. The number of morpholine rings is 1. The summed E-state index contributed by atoms with van der Waals surface area (Å²) in [7, 11) is 0. The minimum Gasteiger partial charge on any atom is -0.487 e. The highest BCUT2D eigenvalue weighted by Crippen LogP contribution is 2.21. The molecule has 1 aromatic heterocycles. The SMILES string of the molecule is O=C(Nc1cccc(COc2cccnc2)c1)c1cc(F)cc(N2CCOCC2)c1. The molecule has 1 aliphatic heterocycles. The van der Waals surface area contributed by atoms with Crippen LogP contribution in [0.3, 0.4) is 0 Å². The Hall–Kier alpha value is -3.45. The number of hydrogen-bond acceptors (Lipinski definition) is 5. The molecule has 30 heavy (non-hydrogen) atoms. The van der Waals surface area contributed by atoms with E-state index in [1.54, 1.807) is 30.6 Å². The highest BCUT2D eigenvalue weighted by atomic mass is 19.1. The Morgan fingerprint density at radius 1 is 1.13 bits per heavy atom. The van der Waals surface area contributed by atoms with E-state index in [9.17, 15) is 9.18 Å². The van der Waals surface area contributed by atoms with Crippen molar-refractivity contribution in [2.75, 3.05) is 36.5 Å². The van der Waals surface area contributed by atoms with Gasteiger partial charge >= 0.3 is 0 Å². The van der Waals surface area contributed by atoms with E-state index in [0.29, 0.717) is 50.0 Å². The summed E-state index contributed by atoms with van der Waals surface area (Å²) in [6.07, 6.45) is 3.32. The van der Waals surface area contributed by atoms with Gasteiger partial charge in [-0.15, -0.1) is 0 Å². The molecule has 4 rings (SSSR count). The Labute approximate surface area is 174 Å². The molecule has 0 spiro atoms. The number of benzene rings is 2. The lowest BCUT2D eigenvalue weighted by molar-refractivity contribution is 0.102. The van der Waals surface area contributed by atoms with Crippen LogP contribution in [0.1, 0.15) is 15.9 Å². The highest BCUT2D eigenvalue weighted by molar-refractivity contribution is 6.04. The van der Waals surface area contributed by atoms with Gasteiger partial charge in [0.05, 0.1) is 19.4 Å². The Morgan fingerprint density at radius 3 is 2.80 bits per heavy atom. The van der Waals surface area contributed by atoms with Crippen molar-refractivity contribution in [2.24, 2.45) is 0 Å². The van der Waals surface area contributed by atoms with Crippen LogP contribution in [-0.2, 0) is 11.3 Å². The molecule has 6 nitrogen and oxygen atoms in total. The molecule has 0 aliphatic carbocycles. The number of carbonyl (C=O) groups excluding carboxylic acids is 1. The minimum absolute atomic E-state index is 0.272. The topological polar surface area (TPSA) is 63.7 Å². The van der Waals surface area contributed by atoms with Gasteiger partial charge in [0, 0.05) is 36.2 Å². The lowest BCUT2D eigenvalue weighted by Gasteiger charge is -2.29. The summed E-state index contributed by atoms with van der Waals surface area (Å²) in [6, 6.07) is 15.4. The fraction of sp³-hybridized carbons (Fsp3) is 0.217. The van der Waals surface area contributed by atoms with Gasteiger partial charge in [0.15, 0.2) is 0 Å². The second-order valence-corrected chi connectivity index (χ2v) is 6.93. The van der Waals surface area contributed by atoms with Gasteiger partial charge in [0.1, 0.15) is 18.2 Å². The number of amides is 1. The van der Waals surface area contributed by atoms with Crippen LogP contribution in [0, 0.1) is 5.82 Å². The number of nitrogens with one attached hydrogen (secondary N) is 1. The standard InChI is InChI=1S/C23H22FN3O3/c24-19-12-18(13-21(14-19)27-7-9-29-10-8-27)23(28)26-20-4-1-3-17(11-20)16-30-22-5-2-6-25-15-22/h1-6,11-15H,7-10,16H2,(H,26,28). The lowest BCUT2D eigenvalue weighted by Crippen LogP contribution is -2.36. The fourth-order valence-corrected chi connectivity index (χ4v) is 3.25. The van der Waals surface area contributed by atoms with Crippen LogP contribution in [0.5, 0.6) is 5.75 Å². The second kappa shape index (κ2) is 9.37. The van der Waals surface area contributed by atoms with Gasteiger partial charge in [0.25, 0.3) is 5.91 Å². The zero-order valence-corrected chi connectivity index (χ0v) is 16.4. The summed E-state index contributed by atoms with van der Waals surface area (Å²) in [5.41, 5.74) is 2.46. The third-order valence-electron chi connectivity index (χ3n) is 4.75. The summed E-state index contributed by atoms with van der Waals surface area (Å²) in [4.78, 5) is 18.8. The summed E-state index contributed by atoms with van der Waals surface area (Å²) < 4.78 is 25.2. The quantitative estimate of drug-likeness (QED) is 0.672. The van der Waals surface area contributed by atoms with Crippen molar-refractivity contribution in [3.8, 4) is 5.75 Å². The molecule has 154 valence electrons. The summed E-state index contributed by atoms with van der Waals surface area (Å²) >= 11 is 0. The Morgan fingerprint density at radius 2 is 2.00 bits per heavy atom. The zero-order chi connectivity index (χ0) is 20.8. The number of aromatic nitrogens is 1. The number of pyridine rings is 1. The zero-order valence-electron chi connectivity index (χ0n) is 16.4.